The van der Waals surface area contributed by atoms with Crippen molar-refractivity contribution in [2.75, 3.05) is 19.8 Å². The first-order valence-corrected chi connectivity index (χ1v) is 5.69. The summed E-state index contributed by atoms with van der Waals surface area (Å²) in [6.45, 7) is 0.154. The molecule has 0 saturated heterocycles. The number of ether oxygens (including phenoxy) is 1. The fourth-order valence-corrected chi connectivity index (χ4v) is 2.14. The van der Waals surface area contributed by atoms with Crippen LogP contribution in [0, 0.1) is 11.3 Å². The Morgan fingerprint density at radius 2 is 2.00 bits per heavy atom. The van der Waals surface area contributed by atoms with Gasteiger partial charge in [-0.05, 0) is 37.0 Å². The van der Waals surface area contributed by atoms with Crippen molar-refractivity contribution in [2.24, 2.45) is 11.3 Å². The monoisotopic (exact) mass is 227 g/mol. The first-order chi connectivity index (χ1) is 7.62. The van der Waals surface area contributed by atoms with Gasteiger partial charge in [-0.25, -0.2) is 4.79 Å². The van der Waals surface area contributed by atoms with Crippen LogP contribution in [-0.2, 0) is 14.3 Å². The van der Waals surface area contributed by atoms with Crippen LogP contribution < -0.4 is 5.32 Å². The van der Waals surface area contributed by atoms with Gasteiger partial charge in [0, 0.05) is 6.54 Å². The van der Waals surface area contributed by atoms with Crippen LogP contribution in [0.15, 0.2) is 0 Å². The molecule has 2 rings (SSSR count). The van der Waals surface area contributed by atoms with Crippen molar-refractivity contribution in [2.45, 2.75) is 25.7 Å². The molecule has 0 aromatic heterocycles. The Kier molecular flexibility index (Phi) is 3.14. The first kappa shape index (κ1) is 11.4. The van der Waals surface area contributed by atoms with E-state index in [1.165, 1.54) is 25.7 Å². The highest BCUT2D eigenvalue weighted by atomic mass is 16.5. The molecule has 2 aliphatic rings. The third-order valence-corrected chi connectivity index (χ3v) is 3.43. The van der Waals surface area contributed by atoms with Crippen molar-refractivity contribution in [3.05, 3.63) is 0 Å². The number of amides is 1. The molecule has 2 aliphatic carbocycles. The number of carboxylic acids is 1. The fraction of sp³-hybridized carbons (Fsp3) is 0.818. The number of rotatable bonds is 7. The molecule has 2 N–H and O–H groups in total. The predicted molar refractivity (Wildman–Crippen MR) is 55.9 cm³/mol. The minimum absolute atomic E-state index is 0.160. The van der Waals surface area contributed by atoms with Gasteiger partial charge in [0.25, 0.3) is 0 Å². The number of nitrogens with one attached hydrogen (secondary N) is 1. The van der Waals surface area contributed by atoms with E-state index in [1.54, 1.807) is 0 Å². The van der Waals surface area contributed by atoms with Gasteiger partial charge in [-0.3, -0.25) is 4.79 Å². The second-order valence-electron chi connectivity index (χ2n) is 4.80. The van der Waals surface area contributed by atoms with Gasteiger partial charge in [0.2, 0.25) is 5.91 Å². The lowest BCUT2D eigenvalue weighted by Gasteiger charge is -2.14. The van der Waals surface area contributed by atoms with Crippen molar-refractivity contribution in [1.29, 1.82) is 0 Å². The van der Waals surface area contributed by atoms with Gasteiger partial charge in [-0.1, -0.05) is 0 Å². The van der Waals surface area contributed by atoms with Crippen molar-refractivity contribution in [1.82, 2.24) is 5.32 Å². The molecule has 2 fully saturated rings. The first-order valence-electron chi connectivity index (χ1n) is 5.69. The van der Waals surface area contributed by atoms with Crippen LogP contribution in [-0.4, -0.2) is 36.7 Å². The van der Waals surface area contributed by atoms with E-state index >= 15 is 0 Å². The van der Waals surface area contributed by atoms with Crippen LogP contribution in [0.5, 0.6) is 0 Å². The molecule has 5 nitrogen and oxygen atoms in total. The Morgan fingerprint density at radius 3 is 2.50 bits per heavy atom. The Balaban J connectivity index is 1.59. The molecule has 0 aliphatic heterocycles. The third-order valence-electron chi connectivity index (χ3n) is 3.43. The van der Waals surface area contributed by atoms with Gasteiger partial charge in [0.15, 0.2) is 0 Å². The zero-order valence-corrected chi connectivity index (χ0v) is 9.20. The standard InChI is InChI=1S/C11H17NO4/c13-9(5-16-6-10(14)15)12-7-11(3-4-11)8-1-2-8/h8H,1-7H2,(H,12,13)(H,14,15). The lowest BCUT2D eigenvalue weighted by Crippen LogP contribution is -2.34. The van der Waals surface area contributed by atoms with E-state index in [4.69, 9.17) is 9.84 Å². The summed E-state index contributed by atoms with van der Waals surface area (Å²) in [5.74, 6) is -0.453. The highest BCUT2D eigenvalue weighted by molar-refractivity contribution is 5.77. The molecule has 0 spiro atoms. The molecule has 0 atom stereocenters. The van der Waals surface area contributed by atoms with Crippen molar-refractivity contribution >= 4 is 11.9 Å². The maximum atomic E-state index is 11.3. The molecule has 16 heavy (non-hydrogen) atoms. The minimum atomic E-state index is -1.05. The second kappa shape index (κ2) is 4.41. The number of hydrogen-bond donors (Lipinski definition) is 2. The highest BCUT2D eigenvalue weighted by Gasteiger charge is 2.53. The minimum Gasteiger partial charge on any atom is -0.480 e. The van der Waals surface area contributed by atoms with E-state index < -0.39 is 12.6 Å². The zero-order chi connectivity index (χ0) is 11.6. The van der Waals surface area contributed by atoms with Crippen molar-refractivity contribution in [3.8, 4) is 0 Å². The molecule has 0 aromatic rings. The Hall–Kier alpha value is -1.10. The van der Waals surface area contributed by atoms with Crippen molar-refractivity contribution in [3.63, 3.8) is 0 Å². The Labute approximate surface area is 94.2 Å². The summed E-state index contributed by atoms with van der Waals surface area (Å²) in [6, 6.07) is 0. The van der Waals surface area contributed by atoms with Crippen LogP contribution in [0.2, 0.25) is 0 Å². The number of aliphatic carboxylic acids is 1. The van der Waals surface area contributed by atoms with E-state index in [0.29, 0.717) is 5.41 Å². The molecular formula is C11H17NO4. The molecule has 0 aromatic carbocycles. The summed E-state index contributed by atoms with van der Waals surface area (Å²) in [4.78, 5) is 21.5. The molecule has 0 heterocycles. The number of carbonyl (C=O) groups is 2. The number of carbonyl (C=O) groups excluding carboxylic acids is 1. The summed E-state index contributed by atoms with van der Waals surface area (Å²) >= 11 is 0. The zero-order valence-electron chi connectivity index (χ0n) is 9.20. The SMILES string of the molecule is O=C(O)COCC(=O)NCC1(C2CC2)CC1. The smallest absolute Gasteiger partial charge is 0.329 e. The summed E-state index contributed by atoms with van der Waals surface area (Å²) in [5, 5.41) is 11.1. The topological polar surface area (TPSA) is 75.6 Å². The largest absolute Gasteiger partial charge is 0.480 e. The molecule has 5 heteroatoms. The van der Waals surface area contributed by atoms with Crippen LogP contribution in [0.1, 0.15) is 25.7 Å². The number of hydrogen-bond acceptors (Lipinski definition) is 3. The van der Waals surface area contributed by atoms with Gasteiger partial charge >= 0.3 is 5.97 Å². The van der Waals surface area contributed by atoms with Crippen LogP contribution >= 0.6 is 0 Å². The lowest BCUT2D eigenvalue weighted by molar-refractivity contribution is -0.143. The van der Waals surface area contributed by atoms with Crippen LogP contribution in [0.4, 0.5) is 0 Å². The molecule has 0 radical (unpaired) electrons. The van der Waals surface area contributed by atoms with Gasteiger partial charge in [-0.15, -0.1) is 0 Å². The molecule has 1 amide bonds. The van der Waals surface area contributed by atoms with E-state index in [2.05, 4.69) is 5.32 Å². The van der Waals surface area contributed by atoms with Gasteiger partial charge in [0.1, 0.15) is 13.2 Å². The fourth-order valence-electron chi connectivity index (χ4n) is 2.14. The van der Waals surface area contributed by atoms with Gasteiger partial charge < -0.3 is 15.2 Å². The lowest BCUT2D eigenvalue weighted by atomic mass is 10.0. The van der Waals surface area contributed by atoms with E-state index in [-0.39, 0.29) is 12.5 Å². The number of carboxylic acid groups (broad SMARTS) is 1. The maximum absolute atomic E-state index is 11.3. The third kappa shape index (κ3) is 2.95. The maximum Gasteiger partial charge on any atom is 0.329 e. The average molecular weight is 227 g/mol. The molecule has 2 saturated carbocycles. The summed E-state index contributed by atoms with van der Waals surface area (Å²) < 4.78 is 4.71. The van der Waals surface area contributed by atoms with Crippen LogP contribution in [0.25, 0.3) is 0 Å². The second-order valence-corrected chi connectivity index (χ2v) is 4.80. The average Bonchev–Trinajstić information content (AvgIpc) is 3.06. The quantitative estimate of drug-likeness (QED) is 0.660. The molecular weight excluding hydrogens is 210 g/mol. The van der Waals surface area contributed by atoms with Crippen LogP contribution in [0.3, 0.4) is 0 Å². The van der Waals surface area contributed by atoms with E-state index in [9.17, 15) is 9.59 Å². The van der Waals surface area contributed by atoms with Gasteiger partial charge in [-0.2, -0.15) is 0 Å². The summed E-state index contributed by atoms with van der Waals surface area (Å²) in [7, 11) is 0. The predicted octanol–water partition coefficient (Wildman–Crippen LogP) is 0.394. The van der Waals surface area contributed by atoms with E-state index in [0.717, 1.165) is 12.5 Å². The van der Waals surface area contributed by atoms with E-state index in [1.807, 2.05) is 0 Å². The van der Waals surface area contributed by atoms with Gasteiger partial charge in [0.05, 0.1) is 0 Å². The Bertz CT molecular complexity index is 294. The normalized spacial score (nSPS) is 21.5. The Morgan fingerprint density at radius 1 is 1.31 bits per heavy atom. The molecule has 90 valence electrons. The molecule has 0 bridgehead atoms. The summed E-state index contributed by atoms with van der Waals surface area (Å²) in [6.07, 6.45) is 5.03. The highest BCUT2D eigenvalue weighted by Crippen LogP contribution is 2.60. The van der Waals surface area contributed by atoms with Crippen molar-refractivity contribution < 1.29 is 19.4 Å². The molecule has 0 unspecified atom stereocenters. The summed E-state index contributed by atoms with van der Waals surface area (Å²) in [5.41, 5.74) is 0.377.